The van der Waals surface area contributed by atoms with E-state index in [4.69, 9.17) is 11.6 Å². The lowest BCUT2D eigenvalue weighted by Crippen LogP contribution is -2.06. The minimum absolute atomic E-state index is 0.163. The molecule has 0 aliphatic rings. The smallest absolute Gasteiger partial charge is 0.250 e. The van der Waals surface area contributed by atoms with Crippen LogP contribution in [0.3, 0.4) is 0 Å². The summed E-state index contributed by atoms with van der Waals surface area (Å²) in [5.74, 6) is 0.606. The van der Waals surface area contributed by atoms with E-state index in [1.165, 1.54) is 4.68 Å². The molecule has 0 aliphatic heterocycles. The molecular formula is C10H10ClF3N4. The molecule has 0 amide bonds. The summed E-state index contributed by atoms with van der Waals surface area (Å²) in [6.07, 6.45) is -2.71. The molecule has 0 N–H and O–H groups in total. The van der Waals surface area contributed by atoms with Crippen molar-refractivity contribution in [3.8, 4) is 5.82 Å². The first-order valence-electron chi connectivity index (χ1n) is 5.05. The molecule has 0 saturated heterocycles. The molecule has 2 heterocycles. The lowest BCUT2D eigenvalue weighted by Gasteiger charge is -2.04. The zero-order valence-electron chi connectivity index (χ0n) is 9.66. The van der Waals surface area contributed by atoms with Crippen LogP contribution in [0.4, 0.5) is 13.2 Å². The molecule has 0 atom stereocenters. The number of hydrogen-bond acceptors (Lipinski definition) is 2. The number of hydrogen-bond donors (Lipinski definition) is 0. The van der Waals surface area contributed by atoms with E-state index in [0.29, 0.717) is 17.1 Å². The van der Waals surface area contributed by atoms with E-state index in [-0.39, 0.29) is 5.88 Å². The summed E-state index contributed by atoms with van der Waals surface area (Å²) in [4.78, 5) is 0. The molecule has 0 spiro atoms. The van der Waals surface area contributed by atoms with Gasteiger partial charge in [-0.05, 0) is 6.92 Å². The Morgan fingerprint density at radius 3 is 2.56 bits per heavy atom. The Morgan fingerprint density at radius 1 is 1.39 bits per heavy atom. The first-order chi connectivity index (χ1) is 8.34. The maximum Gasteiger partial charge on any atom is 0.419 e. The Balaban J connectivity index is 2.53. The highest BCUT2D eigenvalue weighted by Crippen LogP contribution is 2.29. The van der Waals surface area contributed by atoms with E-state index in [1.54, 1.807) is 14.0 Å². The van der Waals surface area contributed by atoms with Crippen molar-refractivity contribution in [1.29, 1.82) is 0 Å². The molecule has 0 fully saturated rings. The van der Waals surface area contributed by atoms with Crippen molar-refractivity contribution in [2.75, 3.05) is 0 Å². The number of halogens is 4. The minimum atomic E-state index is -4.41. The molecule has 98 valence electrons. The van der Waals surface area contributed by atoms with Crippen molar-refractivity contribution in [3.05, 3.63) is 29.2 Å². The van der Waals surface area contributed by atoms with Crippen LogP contribution in [0.25, 0.3) is 5.82 Å². The molecule has 2 aromatic rings. The van der Waals surface area contributed by atoms with Gasteiger partial charge in [0.1, 0.15) is 0 Å². The summed E-state index contributed by atoms with van der Waals surface area (Å²) >= 11 is 5.78. The number of nitrogens with zero attached hydrogens (tertiary/aromatic N) is 4. The summed E-state index contributed by atoms with van der Waals surface area (Å²) in [6.45, 7) is 1.75. The summed E-state index contributed by atoms with van der Waals surface area (Å²) in [6, 6.07) is 0. The van der Waals surface area contributed by atoms with Crippen LogP contribution < -0.4 is 0 Å². The maximum atomic E-state index is 12.5. The van der Waals surface area contributed by atoms with Crippen molar-refractivity contribution in [2.24, 2.45) is 7.05 Å². The van der Waals surface area contributed by atoms with Gasteiger partial charge in [-0.1, -0.05) is 0 Å². The van der Waals surface area contributed by atoms with Crippen molar-refractivity contribution in [2.45, 2.75) is 19.0 Å². The molecule has 2 rings (SSSR count). The number of alkyl halides is 4. The van der Waals surface area contributed by atoms with E-state index in [2.05, 4.69) is 10.2 Å². The highest BCUT2D eigenvalue weighted by Gasteiger charge is 2.32. The fourth-order valence-corrected chi connectivity index (χ4v) is 2.03. The second-order valence-electron chi connectivity index (χ2n) is 3.82. The van der Waals surface area contributed by atoms with Crippen LogP contribution in [-0.2, 0) is 19.1 Å². The van der Waals surface area contributed by atoms with Gasteiger partial charge in [-0.15, -0.1) is 11.6 Å². The highest BCUT2D eigenvalue weighted by atomic mass is 35.5. The summed E-state index contributed by atoms with van der Waals surface area (Å²) < 4.78 is 40.1. The summed E-state index contributed by atoms with van der Waals surface area (Å²) in [7, 11) is 1.63. The SMILES string of the molecule is Cc1nn(C)c(-n2cc(C(F)(F)F)cn2)c1CCl. The van der Waals surface area contributed by atoms with Crippen molar-refractivity contribution >= 4 is 11.6 Å². The first-order valence-corrected chi connectivity index (χ1v) is 5.58. The van der Waals surface area contributed by atoms with Crippen molar-refractivity contribution < 1.29 is 13.2 Å². The number of aromatic nitrogens is 4. The predicted octanol–water partition coefficient (Wildman–Crippen LogP) is 2.67. The van der Waals surface area contributed by atoms with Gasteiger partial charge in [-0.25, -0.2) is 4.68 Å². The third-order valence-electron chi connectivity index (χ3n) is 2.57. The largest absolute Gasteiger partial charge is 0.419 e. The monoisotopic (exact) mass is 278 g/mol. The molecule has 0 bridgehead atoms. The lowest BCUT2D eigenvalue weighted by molar-refractivity contribution is -0.137. The van der Waals surface area contributed by atoms with Crippen LogP contribution in [-0.4, -0.2) is 19.6 Å². The Hall–Kier alpha value is -1.50. The molecular weight excluding hydrogens is 269 g/mol. The standard InChI is InChI=1S/C10H10ClF3N4/c1-6-8(3-11)9(17(2)16-6)18-5-7(4-15-18)10(12,13)14/h4-5H,3H2,1-2H3. The van der Waals surface area contributed by atoms with Gasteiger partial charge in [-0.3, -0.25) is 4.68 Å². The third-order valence-corrected chi connectivity index (χ3v) is 2.84. The molecule has 4 nitrogen and oxygen atoms in total. The zero-order valence-corrected chi connectivity index (χ0v) is 10.4. The lowest BCUT2D eigenvalue weighted by atomic mass is 10.3. The molecule has 18 heavy (non-hydrogen) atoms. The third kappa shape index (κ3) is 2.10. The zero-order chi connectivity index (χ0) is 13.5. The predicted molar refractivity (Wildman–Crippen MR) is 59.6 cm³/mol. The fraction of sp³-hybridized carbons (Fsp3) is 0.400. The summed E-state index contributed by atoms with van der Waals surface area (Å²) in [5.41, 5.74) is 0.532. The van der Waals surface area contributed by atoms with E-state index >= 15 is 0 Å². The van der Waals surface area contributed by atoms with E-state index in [0.717, 1.165) is 17.1 Å². The second kappa shape index (κ2) is 4.31. The van der Waals surface area contributed by atoms with Crippen LogP contribution in [0.15, 0.2) is 12.4 Å². The van der Waals surface area contributed by atoms with Crippen LogP contribution in [0.2, 0.25) is 0 Å². The molecule has 0 radical (unpaired) electrons. The normalized spacial score (nSPS) is 12.1. The fourth-order valence-electron chi connectivity index (χ4n) is 1.72. The van der Waals surface area contributed by atoms with Crippen LogP contribution in [0.1, 0.15) is 16.8 Å². The maximum absolute atomic E-state index is 12.5. The van der Waals surface area contributed by atoms with Crippen LogP contribution >= 0.6 is 11.6 Å². The van der Waals surface area contributed by atoms with Gasteiger partial charge in [0.15, 0.2) is 5.82 Å². The molecule has 0 unspecified atom stereocenters. The Morgan fingerprint density at radius 2 is 2.06 bits per heavy atom. The quantitative estimate of drug-likeness (QED) is 0.792. The van der Waals surface area contributed by atoms with Gasteiger partial charge in [0.2, 0.25) is 0 Å². The molecule has 2 aromatic heterocycles. The minimum Gasteiger partial charge on any atom is -0.250 e. The Kier molecular flexibility index (Phi) is 3.10. The topological polar surface area (TPSA) is 35.6 Å². The second-order valence-corrected chi connectivity index (χ2v) is 4.08. The van der Waals surface area contributed by atoms with E-state index in [9.17, 15) is 13.2 Å². The van der Waals surface area contributed by atoms with Crippen molar-refractivity contribution in [3.63, 3.8) is 0 Å². The first kappa shape index (κ1) is 12.9. The highest BCUT2D eigenvalue weighted by molar-refractivity contribution is 6.17. The van der Waals surface area contributed by atoms with Gasteiger partial charge in [0.05, 0.1) is 23.3 Å². The summed E-state index contributed by atoms with van der Waals surface area (Å²) in [5, 5.41) is 7.83. The van der Waals surface area contributed by atoms with E-state index < -0.39 is 11.7 Å². The van der Waals surface area contributed by atoms with Gasteiger partial charge >= 0.3 is 6.18 Å². The molecule has 8 heteroatoms. The van der Waals surface area contributed by atoms with Gasteiger partial charge < -0.3 is 0 Å². The van der Waals surface area contributed by atoms with Crippen molar-refractivity contribution in [1.82, 2.24) is 19.6 Å². The molecule has 0 aromatic carbocycles. The van der Waals surface area contributed by atoms with Crippen LogP contribution in [0.5, 0.6) is 0 Å². The number of aryl methyl sites for hydroxylation is 2. The Bertz CT molecular complexity index is 570. The average molecular weight is 279 g/mol. The average Bonchev–Trinajstić information content (AvgIpc) is 2.81. The van der Waals surface area contributed by atoms with E-state index in [1.807, 2.05) is 0 Å². The van der Waals surface area contributed by atoms with Crippen LogP contribution in [0, 0.1) is 6.92 Å². The molecule has 0 saturated carbocycles. The van der Waals surface area contributed by atoms with Gasteiger partial charge in [0.25, 0.3) is 0 Å². The Labute approximate surface area is 106 Å². The number of rotatable bonds is 2. The van der Waals surface area contributed by atoms with Gasteiger partial charge in [-0.2, -0.15) is 23.4 Å². The molecule has 0 aliphatic carbocycles. The van der Waals surface area contributed by atoms with Gasteiger partial charge in [0, 0.05) is 18.8 Å².